The first kappa shape index (κ1) is 13.3. The van der Waals surface area contributed by atoms with E-state index >= 15 is 0 Å². The Labute approximate surface area is 101 Å². The lowest BCUT2D eigenvalue weighted by Crippen LogP contribution is -2.29. The van der Waals surface area contributed by atoms with Crippen LogP contribution in [0, 0.1) is 0 Å². The minimum atomic E-state index is -0.920. The number of rotatable bonds is 3. The van der Waals surface area contributed by atoms with Crippen molar-refractivity contribution in [3.8, 4) is 5.75 Å². The first-order valence-electron chi connectivity index (χ1n) is 5.07. The largest absolute Gasteiger partial charge is 0.495 e. The summed E-state index contributed by atoms with van der Waals surface area (Å²) in [5.41, 5.74) is 7.20. The minimum absolute atomic E-state index is 0. The van der Waals surface area contributed by atoms with Crippen LogP contribution in [0.4, 0.5) is 0 Å². The van der Waals surface area contributed by atoms with E-state index in [0.717, 1.165) is 11.0 Å². The summed E-state index contributed by atoms with van der Waals surface area (Å²) in [6, 6.07) is 5.62. The molecule has 0 amide bonds. The van der Waals surface area contributed by atoms with Crippen molar-refractivity contribution in [1.82, 2.24) is 0 Å². The number of fused-ring (bicyclic) bond motifs is 1. The number of hydrogen-bond acceptors (Lipinski definition) is 4. The molecular weight excluding hydrogens is 228 g/mol. The van der Waals surface area contributed by atoms with E-state index in [-0.39, 0.29) is 18.5 Å². The van der Waals surface area contributed by atoms with E-state index in [1.807, 2.05) is 25.1 Å². The third-order valence-corrected chi connectivity index (χ3v) is 2.50. The molecule has 16 heavy (non-hydrogen) atoms. The highest BCUT2D eigenvalue weighted by Crippen LogP contribution is 2.26. The Kier molecular flexibility index (Phi) is 4.62. The van der Waals surface area contributed by atoms with Crippen molar-refractivity contribution in [1.29, 1.82) is 0 Å². The summed E-state index contributed by atoms with van der Waals surface area (Å²) in [6.07, 6.45) is -0.226. The van der Waals surface area contributed by atoms with Gasteiger partial charge in [0.1, 0.15) is 5.75 Å². The summed E-state index contributed by atoms with van der Waals surface area (Å²) in [6.45, 7) is 2.83. The Hall–Kier alpha value is -0.745. The van der Waals surface area contributed by atoms with Crippen molar-refractivity contribution in [3.63, 3.8) is 0 Å². The second kappa shape index (κ2) is 5.54. The quantitative estimate of drug-likeness (QED) is 0.746. The van der Waals surface area contributed by atoms with Gasteiger partial charge in [-0.1, -0.05) is 12.1 Å². The summed E-state index contributed by atoms with van der Waals surface area (Å²) in [5, 5.41) is 9.73. The van der Waals surface area contributed by atoms with Crippen LogP contribution in [0.3, 0.4) is 0 Å². The molecule has 3 N–H and O–H groups in total. The Morgan fingerprint density at radius 2 is 2.31 bits per heavy atom. The topological polar surface area (TPSA) is 64.7 Å². The molecule has 1 unspecified atom stereocenters. The van der Waals surface area contributed by atoms with Crippen LogP contribution in [-0.4, -0.2) is 25.3 Å². The zero-order valence-electron chi connectivity index (χ0n) is 9.05. The Bertz CT molecular complexity index is 364. The minimum Gasteiger partial charge on any atom is -0.494 e. The predicted molar refractivity (Wildman–Crippen MR) is 65.3 cm³/mol. The van der Waals surface area contributed by atoms with Gasteiger partial charge in [0.05, 0.1) is 12.7 Å². The molecule has 88 valence electrons. The van der Waals surface area contributed by atoms with Gasteiger partial charge in [-0.25, -0.2) is 0 Å². The van der Waals surface area contributed by atoms with Gasteiger partial charge in [-0.3, -0.25) is 0 Å². The summed E-state index contributed by atoms with van der Waals surface area (Å²) < 4.78 is 10.7. The molecule has 6 heteroatoms. The van der Waals surface area contributed by atoms with Gasteiger partial charge in [0.25, 0.3) is 0 Å². The average molecular weight is 243 g/mol. The molecule has 1 aliphatic rings. The van der Waals surface area contributed by atoms with Crippen LogP contribution in [0.5, 0.6) is 5.75 Å². The molecular formula is C10H15BClNO3. The molecule has 0 aromatic heterocycles. The molecule has 1 aromatic rings. The average Bonchev–Trinajstić information content (AvgIpc) is 2.57. The third kappa shape index (κ3) is 2.17. The number of nitrogens with two attached hydrogens (primary N) is 1. The fourth-order valence-electron chi connectivity index (χ4n) is 1.87. The zero-order valence-corrected chi connectivity index (χ0v) is 9.87. The predicted octanol–water partition coefficient (Wildman–Crippen LogP) is 0.225. The third-order valence-electron chi connectivity index (χ3n) is 2.50. The van der Waals surface area contributed by atoms with Crippen molar-refractivity contribution in [3.05, 3.63) is 23.8 Å². The van der Waals surface area contributed by atoms with E-state index in [1.54, 1.807) is 0 Å². The van der Waals surface area contributed by atoms with Crippen LogP contribution in [0.2, 0.25) is 0 Å². The van der Waals surface area contributed by atoms with Crippen molar-refractivity contribution in [2.75, 3.05) is 13.2 Å². The van der Waals surface area contributed by atoms with Crippen LogP contribution in [0.25, 0.3) is 0 Å². The maximum absolute atomic E-state index is 9.73. The highest BCUT2D eigenvalue weighted by atomic mass is 35.5. The first-order chi connectivity index (χ1) is 7.27. The van der Waals surface area contributed by atoms with Gasteiger partial charge in [-0.15, -0.1) is 12.4 Å². The fraction of sp³-hybridized carbons (Fsp3) is 0.400. The Balaban J connectivity index is 0.00000128. The van der Waals surface area contributed by atoms with E-state index in [0.29, 0.717) is 18.9 Å². The summed E-state index contributed by atoms with van der Waals surface area (Å²) in [5.74, 6) is 0.679. The van der Waals surface area contributed by atoms with E-state index < -0.39 is 7.12 Å². The number of ether oxygens (including phenoxy) is 1. The normalized spacial score (nSPS) is 17.9. The fourth-order valence-corrected chi connectivity index (χ4v) is 1.87. The lowest BCUT2D eigenvalue weighted by atomic mass is 9.78. The second-order valence-corrected chi connectivity index (χ2v) is 3.40. The summed E-state index contributed by atoms with van der Waals surface area (Å²) in [7, 11) is -0.920. The number of halogens is 1. The standard InChI is InChI=1S/C10H14BNO3.ClH/c1-2-14-8-5-3-4-7-9(6-12)15-11(13)10(7)8;/h3-5,9,13H,2,6,12H2,1H3;1H. The highest BCUT2D eigenvalue weighted by molar-refractivity contribution is 6.62. The molecule has 2 rings (SSSR count). The van der Waals surface area contributed by atoms with Gasteiger partial charge in [-0.2, -0.15) is 0 Å². The van der Waals surface area contributed by atoms with Gasteiger partial charge in [-0.05, 0) is 18.6 Å². The van der Waals surface area contributed by atoms with Crippen molar-refractivity contribution < 1.29 is 14.4 Å². The maximum Gasteiger partial charge on any atom is 0.495 e. The van der Waals surface area contributed by atoms with E-state index in [1.165, 1.54) is 0 Å². The molecule has 4 nitrogen and oxygen atoms in total. The van der Waals surface area contributed by atoms with Gasteiger partial charge >= 0.3 is 7.12 Å². The highest BCUT2D eigenvalue weighted by Gasteiger charge is 2.36. The van der Waals surface area contributed by atoms with E-state index in [9.17, 15) is 5.02 Å². The van der Waals surface area contributed by atoms with Crippen LogP contribution in [0.15, 0.2) is 18.2 Å². The van der Waals surface area contributed by atoms with Crippen LogP contribution in [0.1, 0.15) is 18.6 Å². The lowest BCUT2D eigenvalue weighted by molar-refractivity contribution is 0.198. The molecule has 0 spiro atoms. The SMILES string of the molecule is CCOc1cccc2c1B(O)OC2CN.Cl. The first-order valence-corrected chi connectivity index (χ1v) is 5.07. The van der Waals surface area contributed by atoms with Gasteiger partial charge < -0.3 is 20.1 Å². The molecule has 0 saturated carbocycles. The Morgan fingerprint density at radius 1 is 1.56 bits per heavy atom. The van der Waals surface area contributed by atoms with Gasteiger partial charge in [0.2, 0.25) is 0 Å². The summed E-state index contributed by atoms with van der Waals surface area (Å²) >= 11 is 0. The van der Waals surface area contributed by atoms with E-state index in [2.05, 4.69) is 0 Å². The van der Waals surface area contributed by atoms with Crippen molar-refractivity contribution in [2.45, 2.75) is 13.0 Å². The second-order valence-electron chi connectivity index (χ2n) is 3.40. The molecule has 0 aliphatic carbocycles. The molecule has 1 heterocycles. The van der Waals surface area contributed by atoms with Crippen molar-refractivity contribution >= 4 is 25.0 Å². The van der Waals surface area contributed by atoms with Crippen molar-refractivity contribution in [2.24, 2.45) is 5.73 Å². The molecule has 1 aromatic carbocycles. The molecule has 0 saturated heterocycles. The van der Waals surface area contributed by atoms with Crippen LogP contribution >= 0.6 is 12.4 Å². The molecule has 0 fully saturated rings. The van der Waals surface area contributed by atoms with Crippen LogP contribution < -0.4 is 15.9 Å². The monoisotopic (exact) mass is 243 g/mol. The molecule has 0 bridgehead atoms. The van der Waals surface area contributed by atoms with Gasteiger partial charge in [0, 0.05) is 12.0 Å². The zero-order chi connectivity index (χ0) is 10.8. The van der Waals surface area contributed by atoms with Gasteiger partial charge in [0.15, 0.2) is 0 Å². The van der Waals surface area contributed by atoms with Crippen LogP contribution in [-0.2, 0) is 4.65 Å². The number of benzene rings is 1. The maximum atomic E-state index is 9.73. The molecule has 0 radical (unpaired) electrons. The smallest absolute Gasteiger partial charge is 0.494 e. The lowest BCUT2D eigenvalue weighted by Gasteiger charge is -2.09. The summed E-state index contributed by atoms with van der Waals surface area (Å²) in [4.78, 5) is 0. The molecule has 1 atom stereocenters. The van der Waals surface area contributed by atoms with E-state index in [4.69, 9.17) is 15.1 Å². The number of hydrogen-bond donors (Lipinski definition) is 2. The Morgan fingerprint density at radius 3 is 2.94 bits per heavy atom. The molecule has 1 aliphatic heterocycles.